The molecule has 0 fully saturated rings. The van der Waals surface area contributed by atoms with Gasteiger partial charge in [0, 0.05) is 11.3 Å². The van der Waals surface area contributed by atoms with Crippen LogP contribution in [0, 0.1) is 12.7 Å². The van der Waals surface area contributed by atoms with E-state index in [2.05, 4.69) is 18.5 Å². The third-order valence-electron chi connectivity index (χ3n) is 2.48. The second-order valence-corrected chi connectivity index (χ2v) is 3.50. The Kier molecular flexibility index (Phi) is 4.06. The quantitative estimate of drug-likeness (QED) is 0.757. The van der Waals surface area contributed by atoms with E-state index in [4.69, 9.17) is 0 Å². The molecule has 1 aromatic carbocycles. The highest BCUT2D eigenvalue weighted by molar-refractivity contribution is 5.77. The molecule has 0 heterocycles. The molecular weight excluding hydrogens is 201 g/mol. The number of rotatable bonds is 4. The Labute approximate surface area is 96.0 Å². The normalized spacial score (nSPS) is 11.7. The fourth-order valence-electron chi connectivity index (χ4n) is 1.60. The maximum atomic E-state index is 13.4. The average Bonchev–Trinajstić information content (AvgIpc) is 2.25. The Balaban J connectivity index is 3.34. The van der Waals surface area contributed by atoms with Crippen LogP contribution in [0.25, 0.3) is 5.57 Å². The highest BCUT2D eigenvalue weighted by Gasteiger charge is 2.08. The molecule has 1 nitrogen and oxygen atoms in total. The molecule has 0 atom stereocenters. The van der Waals surface area contributed by atoms with Crippen LogP contribution in [0.3, 0.4) is 0 Å². The largest absolute Gasteiger partial charge is 0.365 e. The Morgan fingerprint density at radius 1 is 1.38 bits per heavy atom. The highest BCUT2D eigenvalue weighted by atomic mass is 19.1. The van der Waals surface area contributed by atoms with Crippen LogP contribution in [0.15, 0.2) is 49.3 Å². The molecule has 0 saturated carbocycles. The molecule has 0 amide bonds. The molecule has 0 radical (unpaired) electrons. The number of hydrogen-bond donors (Lipinski definition) is 1. The molecule has 2 heteroatoms. The van der Waals surface area contributed by atoms with Crippen molar-refractivity contribution in [3.63, 3.8) is 0 Å². The number of benzene rings is 1. The summed E-state index contributed by atoms with van der Waals surface area (Å²) in [7, 11) is 0. The predicted octanol–water partition coefficient (Wildman–Crippen LogP) is 3.78. The zero-order chi connectivity index (χ0) is 12.1. The van der Waals surface area contributed by atoms with Gasteiger partial charge in [0.2, 0.25) is 0 Å². The summed E-state index contributed by atoms with van der Waals surface area (Å²) < 4.78 is 13.4. The molecule has 0 saturated heterocycles. The summed E-state index contributed by atoms with van der Waals surface area (Å²) in [6.45, 7) is 11.0. The van der Waals surface area contributed by atoms with Gasteiger partial charge in [0.25, 0.3) is 0 Å². The van der Waals surface area contributed by atoms with E-state index in [-0.39, 0.29) is 5.82 Å². The van der Waals surface area contributed by atoms with Crippen LogP contribution in [0.5, 0.6) is 0 Å². The van der Waals surface area contributed by atoms with Crippen LogP contribution in [-0.2, 0) is 0 Å². The van der Waals surface area contributed by atoms with Crippen molar-refractivity contribution in [2.75, 3.05) is 0 Å². The van der Waals surface area contributed by atoms with Crippen molar-refractivity contribution in [2.24, 2.45) is 0 Å². The minimum atomic E-state index is -0.205. The van der Waals surface area contributed by atoms with E-state index < -0.39 is 0 Å². The summed E-state index contributed by atoms with van der Waals surface area (Å²) >= 11 is 0. The second kappa shape index (κ2) is 5.31. The predicted molar refractivity (Wildman–Crippen MR) is 67.3 cm³/mol. The Morgan fingerprint density at radius 2 is 2.06 bits per heavy atom. The molecule has 1 aromatic rings. The zero-order valence-corrected chi connectivity index (χ0v) is 9.68. The van der Waals surface area contributed by atoms with Gasteiger partial charge in [0.15, 0.2) is 0 Å². The van der Waals surface area contributed by atoms with E-state index in [0.717, 1.165) is 16.8 Å². The van der Waals surface area contributed by atoms with Crippen molar-refractivity contribution >= 4 is 5.57 Å². The summed E-state index contributed by atoms with van der Waals surface area (Å²) in [5, 5.41) is 2.99. The molecule has 16 heavy (non-hydrogen) atoms. The van der Waals surface area contributed by atoms with Crippen LogP contribution in [-0.4, -0.2) is 0 Å². The zero-order valence-electron chi connectivity index (χ0n) is 9.68. The first kappa shape index (κ1) is 12.2. The second-order valence-electron chi connectivity index (χ2n) is 3.50. The average molecular weight is 217 g/mol. The Morgan fingerprint density at radius 3 is 2.62 bits per heavy atom. The molecule has 1 N–H and O–H groups in total. The third-order valence-corrected chi connectivity index (χ3v) is 2.48. The van der Waals surface area contributed by atoms with E-state index >= 15 is 0 Å². The number of nitrogens with one attached hydrogen (secondary N) is 1. The Bertz CT molecular complexity index is 444. The van der Waals surface area contributed by atoms with E-state index in [1.165, 1.54) is 6.07 Å². The smallest absolute Gasteiger partial charge is 0.126 e. The Hall–Kier alpha value is -1.83. The lowest BCUT2D eigenvalue weighted by Crippen LogP contribution is -2.04. The van der Waals surface area contributed by atoms with Gasteiger partial charge in [0.1, 0.15) is 5.82 Å². The van der Waals surface area contributed by atoms with Crippen LogP contribution in [0.1, 0.15) is 18.1 Å². The van der Waals surface area contributed by atoms with Gasteiger partial charge in [0.05, 0.1) is 0 Å². The molecular formula is C14H16FN. The summed E-state index contributed by atoms with van der Waals surface area (Å²) in [6, 6.07) is 5.03. The first-order valence-corrected chi connectivity index (χ1v) is 5.08. The van der Waals surface area contributed by atoms with Crippen molar-refractivity contribution in [3.8, 4) is 0 Å². The summed E-state index contributed by atoms with van der Waals surface area (Å²) in [6.07, 6.45) is 3.31. The lowest BCUT2D eigenvalue weighted by molar-refractivity contribution is 0.618. The minimum Gasteiger partial charge on any atom is -0.365 e. The van der Waals surface area contributed by atoms with Gasteiger partial charge in [-0.2, -0.15) is 0 Å². The molecule has 0 aromatic heterocycles. The molecule has 0 aliphatic carbocycles. The van der Waals surface area contributed by atoms with Crippen molar-refractivity contribution in [2.45, 2.75) is 13.8 Å². The van der Waals surface area contributed by atoms with E-state index in [9.17, 15) is 4.39 Å². The van der Waals surface area contributed by atoms with Gasteiger partial charge >= 0.3 is 0 Å². The SMILES string of the molecule is C=CN/C(C)=C(/C=C)c1cccc(F)c1C. The highest BCUT2D eigenvalue weighted by Crippen LogP contribution is 2.23. The van der Waals surface area contributed by atoms with Gasteiger partial charge in [-0.25, -0.2) is 4.39 Å². The van der Waals surface area contributed by atoms with Crippen molar-refractivity contribution < 1.29 is 4.39 Å². The topological polar surface area (TPSA) is 12.0 Å². The van der Waals surface area contributed by atoms with Crippen LogP contribution >= 0.6 is 0 Å². The number of hydrogen-bond acceptors (Lipinski definition) is 1. The third kappa shape index (κ3) is 2.40. The lowest BCUT2D eigenvalue weighted by Gasteiger charge is -2.11. The molecule has 84 valence electrons. The van der Waals surface area contributed by atoms with Gasteiger partial charge in [-0.3, -0.25) is 0 Å². The van der Waals surface area contributed by atoms with Crippen molar-refractivity contribution in [3.05, 3.63) is 66.3 Å². The van der Waals surface area contributed by atoms with Gasteiger partial charge in [-0.05, 0) is 37.2 Å². The standard InChI is InChI=1S/C14H16FN/c1-5-12(11(4)16-6-2)13-8-7-9-14(15)10(13)3/h5-9,16H,1-2H2,3-4H3/b12-11-. The molecule has 1 rings (SSSR count). The van der Waals surface area contributed by atoms with Gasteiger partial charge in [-0.1, -0.05) is 31.4 Å². The van der Waals surface area contributed by atoms with Crippen LogP contribution in [0.4, 0.5) is 4.39 Å². The molecule has 0 aliphatic heterocycles. The number of allylic oxidation sites excluding steroid dienone is 3. The maximum Gasteiger partial charge on any atom is 0.126 e. The maximum absolute atomic E-state index is 13.4. The first-order chi connectivity index (χ1) is 7.61. The van der Waals surface area contributed by atoms with E-state index in [1.54, 1.807) is 25.3 Å². The van der Waals surface area contributed by atoms with Gasteiger partial charge < -0.3 is 5.32 Å². The van der Waals surface area contributed by atoms with Crippen molar-refractivity contribution in [1.82, 2.24) is 5.32 Å². The monoisotopic (exact) mass is 217 g/mol. The van der Waals surface area contributed by atoms with Crippen LogP contribution < -0.4 is 5.32 Å². The number of halogens is 1. The lowest BCUT2D eigenvalue weighted by atomic mass is 9.98. The van der Waals surface area contributed by atoms with Crippen molar-refractivity contribution in [1.29, 1.82) is 0 Å². The molecule has 0 bridgehead atoms. The summed E-state index contributed by atoms with van der Waals surface area (Å²) in [5.41, 5.74) is 3.26. The minimum absolute atomic E-state index is 0.205. The van der Waals surface area contributed by atoms with E-state index in [0.29, 0.717) is 5.56 Å². The molecule has 0 spiro atoms. The fraction of sp³-hybridized carbons (Fsp3) is 0.143. The molecule has 0 unspecified atom stereocenters. The fourth-order valence-corrected chi connectivity index (χ4v) is 1.60. The summed E-state index contributed by atoms with van der Waals surface area (Å²) in [5.74, 6) is -0.205. The first-order valence-electron chi connectivity index (χ1n) is 5.08. The summed E-state index contributed by atoms with van der Waals surface area (Å²) in [4.78, 5) is 0. The van der Waals surface area contributed by atoms with Gasteiger partial charge in [-0.15, -0.1) is 0 Å². The van der Waals surface area contributed by atoms with E-state index in [1.807, 2.05) is 13.0 Å². The van der Waals surface area contributed by atoms with Crippen LogP contribution in [0.2, 0.25) is 0 Å². The molecule has 0 aliphatic rings.